The molecule has 1 fully saturated rings. The van der Waals surface area contributed by atoms with E-state index in [0.29, 0.717) is 11.8 Å². The monoisotopic (exact) mass is 223 g/mol. The summed E-state index contributed by atoms with van der Waals surface area (Å²) in [5, 5.41) is 8.99. The van der Waals surface area contributed by atoms with Crippen molar-refractivity contribution in [2.75, 3.05) is 7.11 Å². The standard InChI is InChI=1S/C7H8O2.C6H13N/c1-9-7-5-3-2-4-6(7)8;7-6-4-2-1-3-5-6/h2-5,8H,1H3;6H,1-5,7H2. The molecule has 2 rings (SSSR count). The number of phenolic OH excluding ortho intramolecular Hbond substituents is 1. The molecule has 0 amide bonds. The quantitative estimate of drug-likeness (QED) is 0.769. The molecular weight excluding hydrogens is 202 g/mol. The molecule has 0 atom stereocenters. The second-order valence-electron chi connectivity index (χ2n) is 4.07. The summed E-state index contributed by atoms with van der Waals surface area (Å²) in [5.41, 5.74) is 5.63. The number of hydrogen-bond acceptors (Lipinski definition) is 3. The van der Waals surface area contributed by atoms with Crippen LogP contribution in [0.4, 0.5) is 0 Å². The highest BCUT2D eigenvalue weighted by Gasteiger charge is 2.06. The fourth-order valence-corrected chi connectivity index (χ4v) is 1.76. The average molecular weight is 223 g/mol. The molecule has 1 aliphatic carbocycles. The lowest BCUT2D eigenvalue weighted by molar-refractivity contribution is 0.373. The topological polar surface area (TPSA) is 55.5 Å². The Morgan fingerprint density at radius 1 is 1.19 bits per heavy atom. The number of hydrogen-bond donors (Lipinski definition) is 2. The first-order chi connectivity index (χ1) is 7.74. The minimum atomic E-state index is 0.181. The van der Waals surface area contributed by atoms with Crippen LogP contribution in [0.1, 0.15) is 32.1 Å². The van der Waals surface area contributed by atoms with E-state index < -0.39 is 0 Å². The van der Waals surface area contributed by atoms with Crippen LogP contribution in [0.2, 0.25) is 0 Å². The van der Waals surface area contributed by atoms with Gasteiger partial charge in [-0.1, -0.05) is 31.4 Å². The number of rotatable bonds is 1. The summed E-state index contributed by atoms with van der Waals surface area (Å²) in [4.78, 5) is 0. The van der Waals surface area contributed by atoms with Crippen LogP contribution >= 0.6 is 0 Å². The van der Waals surface area contributed by atoms with Crippen LogP contribution in [-0.2, 0) is 0 Å². The molecule has 16 heavy (non-hydrogen) atoms. The van der Waals surface area contributed by atoms with E-state index in [-0.39, 0.29) is 5.75 Å². The van der Waals surface area contributed by atoms with Gasteiger partial charge in [0.05, 0.1) is 7.11 Å². The van der Waals surface area contributed by atoms with E-state index in [1.54, 1.807) is 24.3 Å². The minimum Gasteiger partial charge on any atom is -0.504 e. The maximum atomic E-state index is 8.99. The summed E-state index contributed by atoms with van der Waals surface area (Å²) < 4.78 is 4.79. The zero-order valence-electron chi connectivity index (χ0n) is 9.86. The van der Waals surface area contributed by atoms with Gasteiger partial charge in [0.2, 0.25) is 0 Å². The largest absolute Gasteiger partial charge is 0.504 e. The van der Waals surface area contributed by atoms with Gasteiger partial charge in [-0.25, -0.2) is 0 Å². The molecular formula is C13H21NO2. The summed E-state index contributed by atoms with van der Waals surface area (Å²) in [6.07, 6.45) is 6.66. The van der Waals surface area contributed by atoms with E-state index in [2.05, 4.69) is 0 Å². The van der Waals surface area contributed by atoms with Crippen LogP contribution in [0.15, 0.2) is 24.3 Å². The molecule has 0 aliphatic heterocycles. The predicted molar refractivity (Wildman–Crippen MR) is 65.7 cm³/mol. The van der Waals surface area contributed by atoms with Crippen LogP contribution in [0, 0.1) is 0 Å². The number of nitrogens with two attached hydrogens (primary N) is 1. The maximum absolute atomic E-state index is 8.99. The molecule has 0 unspecified atom stereocenters. The number of phenols is 1. The molecule has 90 valence electrons. The van der Waals surface area contributed by atoms with Crippen LogP contribution in [0.25, 0.3) is 0 Å². The second-order valence-corrected chi connectivity index (χ2v) is 4.07. The van der Waals surface area contributed by atoms with E-state index in [0.717, 1.165) is 0 Å². The zero-order chi connectivity index (χ0) is 11.8. The van der Waals surface area contributed by atoms with Gasteiger partial charge in [-0.2, -0.15) is 0 Å². The third-order valence-corrected chi connectivity index (χ3v) is 2.74. The molecule has 0 bridgehead atoms. The van der Waals surface area contributed by atoms with Gasteiger partial charge in [-0.3, -0.25) is 0 Å². The summed E-state index contributed by atoms with van der Waals surface area (Å²) in [5.74, 6) is 0.692. The summed E-state index contributed by atoms with van der Waals surface area (Å²) in [6, 6.07) is 7.37. The van der Waals surface area contributed by atoms with Crippen molar-refractivity contribution in [1.82, 2.24) is 0 Å². The smallest absolute Gasteiger partial charge is 0.160 e. The van der Waals surface area contributed by atoms with Crippen LogP contribution in [0.3, 0.4) is 0 Å². The fourth-order valence-electron chi connectivity index (χ4n) is 1.76. The Hall–Kier alpha value is -1.22. The van der Waals surface area contributed by atoms with Crippen LogP contribution in [0.5, 0.6) is 11.5 Å². The lowest BCUT2D eigenvalue weighted by Crippen LogP contribution is -2.22. The van der Waals surface area contributed by atoms with Crippen molar-refractivity contribution < 1.29 is 9.84 Å². The average Bonchev–Trinajstić information content (AvgIpc) is 2.31. The Morgan fingerprint density at radius 2 is 1.81 bits per heavy atom. The third kappa shape index (κ3) is 4.53. The van der Waals surface area contributed by atoms with Gasteiger partial charge < -0.3 is 15.6 Å². The van der Waals surface area contributed by atoms with Crippen molar-refractivity contribution >= 4 is 0 Å². The number of para-hydroxylation sites is 2. The van der Waals surface area contributed by atoms with Crippen molar-refractivity contribution in [1.29, 1.82) is 0 Å². The van der Waals surface area contributed by atoms with Crippen molar-refractivity contribution in [3.63, 3.8) is 0 Å². The fraction of sp³-hybridized carbons (Fsp3) is 0.538. The summed E-state index contributed by atoms with van der Waals surface area (Å²) in [6.45, 7) is 0. The number of aromatic hydroxyl groups is 1. The zero-order valence-corrected chi connectivity index (χ0v) is 9.86. The second kappa shape index (κ2) is 7.12. The molecule has 0 heterocycles. The van der Waals surface area contributed by atoms with Gasteiger partial charge in [0.25, 0.3) is 0 Å². The lowest BCUT2D eigenvalue weighted by Gasteiger charge is -2.15. The van der Waals surface area contributed by atoms with Gasteiger partial charge in [0.1, 0.15) is 0 Å². The first kappa shape index (κ1) is 12.8. The molecule has 1 aliphatic rings. The molecule has 3 nitrogen and oxygen atoms in total. The maximum Gasteiger partial charge on any atom is 0.160 e. The Kier molecular flexibility index (Phi) is 5.72. The minimum absolute atomic E-state index is 0.181. The first-order valence-electron chi connectivity index (χ1n) is 5.81. The molecule has 3 heteroatoms. The predicted octanol–water partition coefficient (Wildman–Crippen LogP) is 2.68. The highest BCUT2D eigenvalue weighted by Crippen LogP contribution is 2.23. The van der Waals surface area contributed by atoms with Gasteiger partial charge in [0, 0.05) is 6.04 Å². The third-order valence-electron chi connectivity index (χ3n) is 2.74. The van der Waals surface area contributed by atoms with Gasteiger partial charge in [-0.15, -0.1) is 0 Å². The molecule has 0 radical (unpaired) electrons. The molecule has 1 aromatic carbocycles. The highest BCUT2D eigenvalue weighted by atomic mass is 16.5. The highest BCUT2D eigenvalue weighted by molar-refractivity contribution is 5.37. The molecule has 1 saturated carbocycles. The van der Waals surface area contributed by atoms with E-state index in [4.69, 9.17) is 15.6 Å². The number of ether oxygens (including phenoxy) is 1. The van der Waals surface area contributed by atoms with Gasteiger partial charge in [0.15, 0.2) is 11.5 Å². The Balaban J connectivity index is 0.000000165. The van der Waals surface area contributed by atoms with Crippen molar-refractivity contribution in [3.05, 3.63) is 24.3 Å². The molecule has 1 aromatic rings. The summed E-state index contributed by atoms with van der Waals surface area (Å²) in [7, 11) is 1.52. The van der Waals surface area contributed by atoms with E-state index in [1.165, 1.54) is 39.2 Å². The van der Waals surface area contributed by atoms with Gasteiger partial charge in [-0.05, 0) is 25.0 Å². The van der Waals surface area contributed by atoms with E-state index >= 15 is 0 Å². The lowest BCUT2D eigenvalue weighted by atomic mass is 9.97. The summed E-state index contributed by atoms with van der Waals surface area (Å²) >= 11 is 0. The van der Waals surface area contributed by atoms with E-state index in [9.17, 15) is 0 Å². The molecule has 3 N–H and O–H groups in total. The SMILES string of the molecule is COc1ccccc1O.NC1CCCCC1. The number of methoxy groups -OCH3 is 1. The Bertz CT molecular complexity index is 296. The van der Waals surface area contributed by atoms with Crippen LogP contribution < -0.4 is 10.5 Å². The van der Waals surface area contributed by atoms with Crippen molar-refractivity contribution in [2.45, 2.75) is 38.1 Å². The molecule has 0 aromatic heterocycles. The van der Waals surface area contributed by atoms with Crippen molar-refractivity contribution in [2.24, 2.45) is 5.73 Å². The Labute approximate surface area is 97.2 Å². The van der Waals surface area contributed by atoms with Crippen LogP contribution in [-0.4, -0.2) is 18.3 Å². The molecule has 0 saturated heterocycles. The first-order valence-corrected chi connectivity index (χ1v) is 5.81. The number of benzene rings is 1. The molecule has 0 spiro atoms. The van der Waals surface area contributed by atoms with Gasteiger partial charge >= 0.3 is 0 Å². The Morgan fingerprint density at radius 3 is 2.19 bits per heavy atom. The van der Waals surface area contributed by atoms with Crippen molar-refractivity contribution in [3.8, 4) is 11.5 Å². The normalized spacial score (nSPS) is 16.1. The van der Waals surface area contributed by atoms with E-state index in [1.807, 2.05) is 0 Å².